The molecule has 1 amide bonds. The standard InChI is InChI=1S/C13H12F3NO3/c1-9(19)17-4-2-3-10-5-11(8-18)7-12(6-10)20-13(14,15)16/h2-3,5-8H,4H2,1H3,(H,17,19). The lowest BCUT2D eigenvalue weighted by molar-refractivity contribution is -0.274. The molecule has 0 saturated heterocycles. The smallest absolute Gasteiger partial charge is 0.406 e. The summed E-state index contributed by atoms with van der Waals surface area (Å²) in [4.78, 5) is 21.3. The minimum absolute atomic E-state index is 0.0610. The summed E-state index contributed by atoms with van der Waals surface area (Å²) in [5, 5.41) is 2.49. The van der Waals surface area contributed by atoms with Gasteiger partial charge in [0.25, 0.3) is 0 Å². The van der Waals surface area contributed by atoms with Crippen LogP contribution in [0.5, 0.6) is 5.75 Å². The van der Waals surface area contributed by atoms with Crippen LogP contribution in [0.1, 0.15) is 22.8 Å². The van der Waals surface area contributed by atoms with Gasteiger partial charge in [0.05, 0.1) is 0 Å². The molecule has 0 aliphatic carbocycles. The second-order valence-corrected chi connectivity index (χ2v) is 3.84. The Kier molecular flexibility index (Phi) is 5.31. The van der Waals surface area contributed by atoms with Crippen LogP contribution in [0.25, 0.3) is 6.08 Å². The van der Waals surface area contributed by atoms with Crippen molar-refractivity contribution in [3.63, 3.8) is 0 Å². The van der Waals surface area contributed by atoms with E-state index in [0.717, 1.165) is 12.1 Å². The minimum Gasteiger partial charge on any atom is -0.406 e. The Morgan fingerprint density at radius 3 is 2.50 bits per heavy atom. The molecule has 0 bridgehead atoms. The molecule has 20 heavy (non-hydrogen) atoms. The summed E-state index contributed by atoms with van der Waals surface area (Å²) in [5.74, 6) is -0.696. The first kappa shape index (κ1) is 15.7. The largest absolute Gasteiger partial charge is 0.573 e. The molecule has 0 aromatic heterocycles. The number of amides is 1. The van der Waals surface area contributed by atoms with Gasteiger partial charge in [-0.1, -0.05) is 12.2 Å². The van der Waals surface area contributed by atoms with Crippen LogP contribution in [0, 0.1) is 0 Å². The van der Waals surface area contributed by atoms with Crippen molar-refractivity contribution in [3.8, 4) is 5.75 Å². The van der Waals surface area contributed by atoms with Crippen molar-refractivity contribution in [2.24, 2.45) is 0 Å². The van der Waals surface area contributed by atoms with Crippen molar-refractivity contribution < 1.29 is 27.5 Å². The fourth-order valence-electron chi connectivity index (χ4n) is 1.40. The molecule has 0 saturated carbocycles. The van der Waals surface area contributed by atoms with Gasteiger partial charge >= 0.3 is 6.36 Å². The fraction of sp³-hybridized carbons (Fsp3) is 0.231. The molecular formula is C13H12F3NO3. The second-order valence-electron chi connectivity index (χ2n) is 3.84. The molecule has 1 aromatic carbocycles. The van der Waals surface area contributed by atoms with E-state index in [1.165, 1.54) is 19.1 Å². The van der Waals surface area contributed by atoms with E-state index < -0.39 is 12.1 Å². The van der Waals surface area contributed by atoms with Gasteiger partial charge in [0.2, 0.25) is 5.91 Å². The number of nitrogens with one attached hydrogen (secondary N) is 1. The Bertz CT molecular complexity index is 524. The lowest BCUT2D eigenvalue weighted by Gasteiger charge is -2.10. The number of hydrogen-bond donors (Lipinski definition) is 1. The summed E-state index contributed by atoms with van der Waals surface area (Å²) in [7, 11) is 0. The zero-order valence-corrected chi connectivity index (χ0v) is 10.5. The summed E-state index contributed by atoms with van der Waals surface area (Å²) in [6.07, 6.45) is -1.37. The highest BCUT2D eigenvalue weighted by atomic mass is 19.4. The molecule has 0 radical (unpaired) electrons. The number of alkyl halides is 3. The lowest BCUT2D eigenvalue weighted by atomic mass is 10.1. The maximum atomic E-state index is 12.1. The van der Waals surface area contributed by atoms with E-state index >= 15 is 0 Å². The van der Waals surface area contributed by atoms with Crippen LogP contribution in [-0.4, -0.2) is 25.1 Å². The number of rotatable bonds is 5. The van der Waals surface area contributed by atoms with Crippen LogP contribution < -0.4 is 10.1 Å². The molecule has 0 atom stereocenters. The predicted octanol–water partition coefficient (Wildman–Crippen LogP) is 2.55. The fourth-order valence-corrected chi connectivity index (χ4v) is 1.40. The van der Waals surface area contributed by atoms with Crippen LogP contribution in [-0.2, 0) is 4.79 Å². The number of benzene rings is 1. The van der Waals surface area contributed by atoms with E-state index in [-0.39, 0.29) is 18.0 Å². The molecule has 1 N–H and O–H groups in total. The highest BCUT2D eigenvalue weighted by molar-refractivity contribution is 5.77. The maximum absolute atomic E-state index is 12.1. The average Bonchev–Trinajstić information content (AvgIpc) is 2.32. The number of hydrogen-bond acceptors (Lipinski definition) is 3. The van der Waals surface area contributed by atoms with Crippen LogP contribution >= 0.6 is 0 Å². The number of aldehydes is 1. The number of carbonyl (C=O) groups is 2. The Balaban J connectivity index is 2.87. The molecule has 1 aromatic rings. The Morgan fingerprint density at radius 1 is 1.30 bits per heavy atom. The third-order valence-electron chi connectivity index (χ3n) is 2.10. The molecule has 108 valence electrons. The first-order chi connectivity index (χ1) is 9.30. The zero-order chi connectivity index (χ0) is 15.2. The maximum Gasteiger partial charge on any atom is 0.573 e. The van der Waals surface area contributed by atoms with E-state index in [1.54, 1.807) is 6.08 Å². The SMILES string of the molecule is CC(=O)NCC=Cc1cc(C=O)cc(OC(F)(F)F)c1. The van der Waals surface area contributed by atoms with E-state index in [1.807, 2.05) is 0 Å². The van der Waals surface area contributed by atoms with Gasteiger partial charge in [0, 0.05) is 19.0 Å². The predicted molar refractivity (Wildman–Crippen MR) is 66.2 cm³/mol. The minimum atomic E-state index is -4.82. The van der Waals surface area contributed by atoms with Gasteiger partial charge in [-0.25, -0.2) is 0 Å². The van der Waals surface area contributed by atoms with E-state index in [4.69, 9.17) is 0 Å². The molecule has 7 heteroatoms. The molecule has 1 rings (SSSR count). The van der Waals surface area contributed by atoms with Crippen molar-refractivity contribution in [2.45, 2.75) is 13.3 Å². The Hall–Kier alpha value is -2.31. The summed E-state index contributed by atoms with van der Waals surface area (Å²) < 4.78 is 40.2. The normalized spacial score (nSPS) is 11.4. The van der Waals surface area contributed by atoms with Crippen LogP contribution in [0.2, 0.25) is 0 Å². The van der Waals surface area contributed by atoms with E-state index in [2.05, 4.69) is 10.1 Å². The molecule has 0 fully saturated rings. The van der Waals surface area contributed by atoms with Gasteiger partial charge in [0.1, 0.15) is 12.0 Å². The highest BCUT2D eigenvalue weighted by Crippen LogP contribution is 2.25. The Morgan fingerprint density at radius 2 is 1.95 bits per heavy atom. The van der Waals surface area contributed by atoms with Gasteiger partial charge in [0.15, 0.2) is 0 Å². The van der Waals surface area contributed by atoms with Gasteiger partial charge in [-0.05, 0) is 23.8 Å². The quantitative estimate of drug-likeness (QED) is 0.847. The van der Waals surface area contributed by atoms with Crippen molar-refractivity contribution >= 4 is 18.3 Å². The monoisotopic (exact) mass is 287 g/mol. The molecule has 0 aliphatic heterocycles. The van der Waals surface area contributed by atoms with Crippen molar-refractivity contribution in [1.29, 1.82) is 0 Å². The lowest BCUT2D eigenvalue weighted by Crippen LogP contribution is -2.19. The van der Waals surface area contributed by atoms with Gasteiger partial charge < -0.3 is 10.1 Å². The average molecular weight is 287 g/mol. The highest BCUT2D eigenvalue weighted by Gasteiger charge is 2.31. The third kappa shape index (κ3) is 6.03. The second kappa shape index (κ2) is 6.74. The first-order valence-electron chi connectivity index (χ1n) is 5.57. The molecule has 4 nitrogen and oxygen atoms in total. The van der Waals surface area contributed by atoms with Gasteiger partial charge in [-0.2, -0.15) is 0 Å². The zero-order valence-electron chi connectivity index (χ0n) is 10.5. The van der Waals surface area contributed by atoms with Crippen LogP contribution in [0.3, 0.4) is 0 Å². The molecular weight excluding hydrogens is 275 g/mol. The van der Waals surface area contributed by atoms with E-state index in [0.29, 0.717) is 11.8 Å². The van der Waals surface area contributed by atoms with Crippen molar-refractivity contribution in [3.05, 3.63) is 35.4 Å². The van der Waals surface area contributed by atoms with Crippen LogP contribution in [0.15, 0.2) is 24.3 Å². The molecule has 0 unspecified atom stereocenters. The summed E-state index contributed by atoms with van der Waals surface area (Å²) in [6, 6.07) is 3.54. The van der Waals surface area contributed by atoms with E-state index in [9.17, 15) is 22.8 Å². The molecule has 0 spiro atoms. The number of halogens is 3. The van der Waals surface area contributed by atoms with Gasteiger partial charge in [-0.15, -0.1) is 13.2 Å². The first-order valence-corrected chi connectivity index (χ1v) is 5.57. The van der Waals surface area contributed by atoms with Crippen LogP contribution in [0.4, 0.5) is 13.2 Å². The Labute approximate surface area is 113 Å². The number of ether oxygens (including phenoxy) is 1. The molecule has 0 aliphatic rings. The summed E-state index contributed by atoms with van der Waals surface area (Å²) in [5.41, 5.74) is 0.421. The summed E-state index contributed by atoms with van der Waals surface area (Å²) >= 11 is 0. The molecule has 0 heterocycles. The number of carbonyl (C=O) groups excluding carboxylic acids is 2. The third-order valence-corrected chi connectivity index (χ3v) is 2.10. The van der Waals surface area contributed by atoms with Crippen molar-refractivity contribution in [2.75, 3.05) is 6.54 Å². The van der Waals surface area contributed by atoms with Crippen molar-refractivity contribution in [1.82, 2.24) is 5.32 Å². The topological polar surface area (TPSA) is 55.4 Å². The van der Waals surface area contributed by atoms with Gasteiger partial charge in [-0.3, -0.25) is 9.59 Å². The summed E-state index contributed by atoms with van der Waals surface area (Å²) in [6.45, 7) is 1.58.